The van der Waals surface area contributed by atoms with Gasteiger partial charge in [0.2, 0.25) is 11.8 Å². The Kier molecular flexibility index (Phi) is 15.1. The predicted molar refractivity (Wildman–Crippen MR) is 136 cm³/mol. The van der Waals surface area contributed by atoms with E-state index in [9.17, 15) is 45.3 Å². The van der Waals surface area contributed by atoms with E-state index in [1.54, 1.807) is 0 Å². The second kappa shape index (κ2) is 17.5. The number of hydrogen-bond acceptors (Lipinski definition) is 13. The van der Waals surface area contributed by atoms with Crippen molar-refractivity contribution in [2.45, 2.75) is 107 Å². The molecule has 0 saturated carbocycles. The third kappa shape index (κ3) is 10.1. The van der Waals surface area contributed by atoms with Gasteiger partial charge in [-0.3, -0.25) is 9.59 Å². The molecule has 15 heteroatoms. The second-order valence-corrected chi connectivity index (χ2v) is 10.0. The number of aliphatic hydroxyl groups is 7. The van der Waals surface area contributed by atoms with E-state index in [0.717, 1.165) is 0 Å². The number of amides is 2. The molecule has 10 atom stereocenters. The molecule has 234 valence electrons. The number of carbonyl (C=O) groups excluding carboxylic acids is 2. The van der Waals surface area contributed by atoms with Crippen molar-refractivity contribution < 1.29 is 64.3 Å². The van der Waals surface area contributed by atoms with Gasteiger partial charge in [0.15, 0.2) is 12.6 Å². The number of nitrogens with one attached hydrogen (secondary N) is 1. The van der Waals surface area contributed by atoms with Gasteiger partial charge in [-0.15, -0.1) is 0 Å². The Labute approximate surface area is 233 Å². The molecule has 2 aliphatic rings. The lowest BCUT2D eigenvalue weighted by atomic mass is 9.99. The normalized spacial score (nSPS) is 34.4. The highest BCUT2D eigenvalue weighted by Crippen LogP contribution is 2.23. The molecule has 0 aromatic heterocycles. The van der Waals surface area contributed by atoms with Gasteiger partial charge in [0.25, 0.3) is 0 Å². The molecule has 0 unspecified atom stereocenters. The van der Waals surface area contributed by atoms with E-state index in [0.29, 0.717) is 32.2 Å². The SMILES string of the molecule is CCNC(=O)CCCCC(=O)N(CCCO[C@@H]1O[C@H](CO)[C@@H](O)[C@H](O)[C@@H]1O)CCO[C@@H]1O[C@@H](C)[C@@H](O)[C@@H](O)[C@@H]1O. The van der Waals surface area contributed by atoms with E-state index < -0.39 is 68.0 Å². The van der Waals surface area contributed by atoms with Gasteiger partial charge < -0.3 is 64.9 Å². The van der Waals surface area contributed by atoms with Gasteiger partial charge in [0, 0.05) is 32.5 Å². The van der Waals surface area contributed by atoms with Gasteiger partial charge in [0.05, 0.1) is 25.9 Å². The molecule has 2 aliphatic heterocycles. The van der Waals surface area contributed by atoms with Crippen molar-refractivity contribution >= 4 is 11.8 Å². The summed E-state index contributed by atoms with van der Waals surface area (Å²) in [5, 5.41) is 71.9. The van der Waals surface area contributed by atoms with Crippen LogP contribution in [-0.2, 0) is 28.5 Å². The summed E-state index contributed by atoms with van der Waals surface area (Å²) in [6.45, 7) is 3.58. The fourth-order valence-corrected chi connectivity index (χ4v) is 4.46. The molecular formula is C25H46N2O13. The van der Waals surface area contributed by atoms with E-state index in [1.807, 2.05) is 6.92 Å². The molecule has 0 bridgehead atoms. The van der Waals surface area contributed by atoms with Crippen LogP contribution in [0, 0.1) is 0 Å². The predicted octanol–water partition coefficient (Wildman–Crippen LogP) is -3.44. The average Bonchev–Trinajstić information content (AvgIpc) is 2.93. The van der Waals surface area contributed by atoms with Crippen molar-refractivity contribution in [3.63, 3.8) is 0 Å². The molecule has 0 radical (unpaired) electrons. The van der Waals surface area contributed by atoms with Crippen molar-refractivity contribution in [2.75, 3.05) is 39.5 Å². The molecule has 15 nitrogen and oxygen atoms in total. The molecule has 0 spiro atoms. The van der Waals surface area contributed by atoms with Crippen LogP contribution in [0.5, 0.6) is 0 Å². The summed E-state index contributed by atoms with van der Waals surface area (Å²) in [4.78, 5) is 26.1. The molecule has 2 fully saturated rings. The smallest absolute Gasteiger partial charge is 0.222 e. The lowest BCUT2D eigenvalue weighted by Crippen LogP contribution is -2.59. The minimum absolute atomic E-state index is 0.0105. The van der Waals surface area contributed by atoms with Crippen LogP contribution in [0.15, 0.2) is 0 Å². The van der Waals surface area contributed by atoms with Crippen LogP contribution in [0.1, 0.15) is 46.0 Å². The molecule has 0 aromatic rings. The van der Waals surface area contributed by atoms with Gasteiger partial charge in [-0.05, 0) is 33.1 Å². The molecule has 8 N–H and O–H groups in total. The highest BCUT2D eigenvalue weighted by molar-refractivity contribution is 5.77. The highest BCUT2D eigenvalue weighted by Gasteiger charge is 2.44. The molecule has 2 heterocycles. The average molecular weight is 583 g/mol. The summed E-state index contributed by atoms with van der Waals surface area (Å²) >= 11 is 0. The Bertz CT molecular complexity index is 760. The fraction of sp³-hybridized carbons (Fsp3) is 0.920. The molecule has 2 amide bonds. The van der Waals surface area contributed by atoms with E-state index in [1.165, 1.54) is 11.8 Å². The molecule has 2 saturated heterocycles. The summed E-state index contributed by atoms with van der Waals surface area (Å²) < 4.78 is 21.8. The maximum Gasteiger partial charge on any atom is 0.222 e. The van der Waals surface area contributed by atoms with Gasteiger partial charge in [-0.25, -0.2) is 0 Å². The van der Waals surface area contributed by atoms with E-state index in [4.69, 9.17) is 18.9 Å². The van der Waals surface area contributed by atoms with E-state index in [2.05, 4.69) is 5.32 Å². The lowest BCUT2D eigenvalue weighted by molar-refractivity contribution is -0.301. The van der Waals surface area contributed by atoms with Gasteiger partial charge >= 0.3 is 0 Å². The van der Waals surface area contributed by atoms with Crippen LogP contribution in [0.4, 0.5) is 0 Å². The number of carbonyl (C=O) groups is 2. The summed E-state index contributed by atoms with van der Waals surface area (Å²) in [5.74, 6) is -0.292. The Morgan fingerprint density at radius 3 is 2.02 bits per heavy atom. The maximum absolute atomic E-state index is 12.9. The summed E-state index contributed by atoms with van der Waals surface area (Å²) in [5.41, 5.74) is 0. The van der Waals surface area contributed by atoms with Gasteiger partial charge in [-0.1, -0.05) is 0 Å². The fourth-order valence-electron chi connectivity index (χ4n) is 4.46. The van der Waals surface area contributed by atoms with Crippen molar-refractivity contribution in [2.24, 2.45) is 0 Å². The zero-order chi connectivity index (χ0) is 29.8. The first-order valence-electron chi connectivity index (χ1n) is 13.8. The van der Waals surface area contributed by atoms with Crippen LogP contribution in [0.25, 0.3) is 0 Å². The topological polar surface area (TPSA) is 228 Å². The molecule has 2 rings (SSSR count). The largest absolute Gasteiger partial charge is 0.394 e. The van der Waals surface area contributed by atoms with Crippen LogP contribution < -0.4 is 5.32 Å². The number of hydrogen-bond donors (Lipinski definition) is 8. The van der Waals surface area contributed by atoms with E-state index in [-0.39, 0.29) is 44.5 Å². The Morgan fingerprint density at radius 1 is 0.775 bits per heavy atom. The first kappa shape index (κ1) is 34.7. The number of rotatable bonds is 16. The molecular weight excluding hydrogens is 536 g/mol. The van der Waals surface area contributed by atoms with Crippen molar-refractivity contribution in [1.82, 2.24) is 10.2 Å². The molecule has 40 heavy (non-hydrogen) atoms. The minimum atomic E-state index is -1.56. The van der Waals surface area contributed by atoms with Crippen LogP contribution >= 0.6 is 0 Å². The zero-order valence-corrected chi connectivity index (χ0v) is 23.1. The number of aliphatic hydroxyl groups excluding tert-OH is 7. The maximum atomic E-state index is 12.9. The lowest BCUT2D eigenvalue weighted by Gasteiger charge is -2.39. The Morgan fingerprint density at radius 2 is 1.38 bits per heavy atom. The van der Waals surface area contributed by atoms with Crippen molar-refractivity contribution in [1.29, 1.82) is 0 Å². The quantitative estimate of drug-likeness (QED) is 0.0830. The summed E-state index contributed by atoms with van der Waals surface area (Å²) in [6.07, 6.45) is -11.3. The Balaban J connectivity index is 1.87. The number of nitrogens with zero attached hydrogens (tertiary/aromatic N) is 1. The molecule has 0 aromatic carbocycles. The summed E-state index contributed by atoms with van der Waals surface area (Å²) in [7, 11) is 0. The van der Waals surface area contributed by atoms with Crippen LogP contribution in [0.2, 0.25) is 0 Å². The van der Waals surface area contributed by atoms with Crippen LogP contribution in [0.3, 0.4) is 0 Å². The monoisotopic (exact) mass is 582 g/mol. The van der Waals surface area contributed by atoms with Gasteiger partial charge in [0.1, 0.15) is 42.7 Å². The number of ether oxygens (including phenoxy) is 4. The zero-order valence-electron chi connectivity index (χ0n) is 23.1. The van der Waals surface area contributed by atoms with Gasteiger partial charge in [-0.2, -0.15) is 0 Å². The third-order valence-electron chi connectivity index (χ3n) is 6.93. The van der Waals surface area contributed by atoms with Crippen molar-refractivity contribution in [3.8, 4) is 0 Å². The molecule has 0 aliphatic carbocycles. The summed E-state index contributed by atoms with van der Waals surface area (Å²) in [6, 6.07) is 0. The van der Waals surface area contributed by atoms with Crippen molar-refractivity contribution in [3.05, 3.63) is 0 Å². The minimum Gasteiger partial charge on any atom is -0.394 e. The first-order chi connectivity index (χ1) is 19.0. The van der Waals surface area contributed by atoms with E-state index >= 15 is 0 Å². The third-order valence-corrected chi connectivity index (χ3v) is 6.93. The highest BCUT2D eigenvalue weighted by atomic mass is 16.7. The first-order valence-corrected chi connectivity index (χ1v) is 13.8. The second-order valence-electron chi connectivity index (χ2n) is 10.0. The Hall–Kier alpha value is -1.50. The standard InChI is InChI=1S/C25H46N2O13/c1-3-26-16(29)7-4-5-8-17(30)27(10-12-38-24-22(35)20(33)18(31)14(2)39-24)9-6-11-37-25-23(36)21(34)19(32)15(13-28)40-25/h14-15,18-25,28,31-36H,3-13H2,1-2H3,(H,26,29)/t14-,15+,18+,19+,20+,21-,22-,23-,24+,25+/m0/s1. The van der Waals surface area contributed by atoms with Crippen LogP contribution in [-0.4, -0.2) is 153 Å². The number of unbranched alkanes of at least 4 members (excludes halogenated alkanes) is 1.